The standard InChI is InChI=1S/C30H54N2O15/c1-17(35)18(32-22(37)11-3-2-7-13-44-29-27(42)25(40)23(38)19(15-33)46-29)9-4-6-12-31-21(36)10-5-8-14-45-30-28(43)26(41)24(39)20(16-34)47-30/h18-20,23-30,33-34,38-43H,2-16H2,1H3,(H,31,36)(H,32,37). The highest BCUT2D eigenvalue weighted by atomic mass is 16.7. The van der Waals surface area contributed by atoms with Gasteiger partial charge in [-0.3, -0.25) is 14.4 Å². The van der Waals surface area contributed by atoms with Crippen LogP contribution in [0, 0.1) is 0 Å². The lowest BCUT2D eigenvalue weighted by Crippen LogP contribution is -2.59. The van der Waals surface area contributed by atoms with Crippen molar-refractivity contribution in [1.29, 1.82) is 0 Å². The van der Waals surface area contributed by atoms with Crippen LogP contribution >= 0.6 is 0 Å². The zero-order valence-electron chi connectivity index (χ0n) is 26.9. The minimum atomic E-state index is -1.51. The lowest BCUT2D eigenvalue weighted by atomic mass is 9.99. The molecule has 0 bridgehead atoms. The van der Waals surface area contributed by atoms with Crippen molar-refractivity contribution in [2.75, 3.05) is 33.0 Å². The van der Waals surface area contributed by atoms with Crippen LogP contribution in [0.25, 0.3) is 0 Å². The second kappa shape index (κ2) is 22.0. The normalized spacial score (nSPS) is 31.7. The molecule has 17 nitrogen and oxygen atoms in total. The number of aliphatic hydroxyl groups is 8. The van der Waals surface area contributed by atoms with E-state index in [0.29, 0.717) is 57.9 Å². The van der Waals surface area contributed by atoms with Crippen molar-refractivity contribution in [3.8, 4) is 0 Å². The number of carbonyl (C=O) groups is 3. The molecule has 11 atom stereocenters. The van der Waals surface area contributed by atoms with Gasteiger partial charge in [0.15, 0.2) is 18.4 Å². The molecular formula is C30H54N2O15. The number of carbonyl (C=O) groups excluding carboxylic acids is 3. The van der Waals surface area contributed by atoms with E-state index in [1.54, 1.807) is 0 Å². The van der Waals surface area contributed by atoms with Crippen LogP contribution in [0.5, 0.6) is 0 Å². The number of unbranched alkanes of at least 4 members (excludes halogenated alkanes) is 4. The molecular weight excluding hydrogens is 628 g/mol. The topological polar surface area (TPSA) is 274 Å². The molecule has 47 heavy (non-hydrogen) atoms. The zero-order chi connectivity index (χ0) is 34.9. The van der Waals surface area contributed by atoms with Crippen molar-refractivity contribution in [2.45, 2.75) is 139 Å². The summed E-state index contributed by atoms with van der Waals surface area (Å²) in [5.41, 5.74) is 0. The maximum absolute atomic E-state index is 12.4. The van der Waals surface area contributed by atoms with Gasteiger partial charge < -0.3 is 70.4 Å². The summed E-state index contributed by atoms with van der Waals surface area (Å²) in [5, 5.41) is 83.1. The van der Waals surface area contributed by atoms with E-state index < -0.39 is 80.7 Å². The van der Waals surface area contributed by atoms with Crippen LogP contribution in [0.2, 0.25) is 0 Å². The Morgan fingerprint density at radius 1 is 0.638 bits per heavy atom. The number of Topliss-reactive ketones (excluding diaryl/α,β-unsaturated/α-hetero) is 1. The largest absolute Gasteiger partial charge is 0.394 e. The van der Waals surface area contributed by atoms with Gasteiger partial charge in [-0.15, -0.1) is 0 Å². The highest BCUT2D eigenvalue weighted by Crippen LogP contribution is 2.23. The summed E-state index contributed by atoms with van der Waals surface area (Å²) in [6, 6.07) is -0.628. The Balaban J connectivity index is 1.50. The average Bonchev–Trinajstić information content (AvgIpc) is 3.05. The summed E-state index contributed by atoms with van der Waals surface area (Å²) in [4.78, 5) is 36.5. The van der Waals surface area contributed by atoms with Gasteiger partial charge in [0.25, 0.3) is 0 Å². The summed E-state index contributed by atoms with van der Waals surface area (Å²) < 4.78 is 21.4. The Bertz CT molecular complexity index is 926. The van der Waals surface area contributed by atoms with Gasteiger partial charge in [0.1, 0.15) is 48.8 Å². The highest BCUT2D eigenvalue weighted by Gasteiger charge is 2.45. The molecule has 10 N–H and O–H groups in total. The molecule has 2 heterocycles. The van der Waals surface area contributed by atoms with E-state index in [1.165, 1.54) is 6.92 Å². The van der Waals surface area contributed by atoms with Crippen molar-refractivity contribution in [3.05, 3.63) is 0 Å². The molecule has 0 aromatic heterocycles. The monoisotopic (exact) mass is 682 g/mol. The Labute approximate surface area is 274 Å². The number of hydrogen-bond donors (Lipinski definition) is 10. The molecule has 0 spiro atoms. The minimum Gasteiger partial charge on any atom is -0.394 e. The maximum atomic E-state index is 12.4. The average molecular weight is 683 g/mol. The molecule has 0 aromatic rings. The second-order valence-electron chi connectivity index (χ2n) is 12.0. The number of aliphatic hydroxyl groups excluding tert-OH is 8. The lowest BCUT2D eigenvalue weighted by Gasteiger charge is -2.39. The third-order valence-electron chi connectivity index (χ3n) is 8.18. The van der Waals surface area contributed by atoms with Crippen molar-refractivity contribution in [1.82, 2.24) is 10.6 Å². The van der Waals surface area contributed by atoms with Gasteiger partial charge in [0.2, 0.25) is 11.8 Å². The molecule has 2 rings (SSSR count). The smallest absolute Gasteiger partial charge is 0.220 e. The Morgan fingerprint density at radius 3 is 1.64 bits per heavy atom. The van der Waals surface area contributed by atoms with Crippen LogP contribution in [0.3, 0.4) is 0 Å². The predicted molar refractivity (Wildman–Crippen MR) is 161 cm³/mol. The predicted octanol–water partition coefficient (Wildman–Crippen LogP) is -3.29. The Hall–Kier alpha value is -1.87. The third-order valence-corrected chi connectivity index (χ3v) is 8.18. The molecule has 2 amide bonds. The van der Waals surface area contributed by atoms with Gasteiger partial charge in [0, 0.05) is 32.6 Å². The second-order valence-corrected chi connectivity index (χ2v) is 12.0. The summed E-state index contributed by atoms with van der Waals surface area (Å²) in [6.45, 7) is 1.02. The fourth-order valence-electron chi connectivity index (χ4n) is 5.19. The van der Waals surface area contributed by atoms with Gasteiger partial charge in [0.05, 0.1) is 19.3 Å². The molecule has 0 saturated carbocycles. The third kappa shape index (κ3) is 13.9. The van der Waals surface area contributed by atoms with Gasteiger partial charge in [-0.2, -0.15) is 0 Å². The van der Waals surface area contributed by atoms with Gasteiger partial charge in [-0.1, -0.05) is 6.42 Å². The number of nitrogens with one attached hydrogen (secondary N) is 2. The van der Waals surface area contributed by atoms with Crippen molar-refractivity contribution in [2.24, 2.45) is 0 Å². The molecule has 0 radical (unpaired) electrons. The highest BCUT2D eigenvalue weighted by molar-refractivity contribution is 5.87. The van der Waals surface area contributed by atoms with Gasteiger partial charge >= 0.3 is 0 Å². The van der Waals surface area contributed by atoms with Crippen LogP contribution in [0.15, 0.2) is 0 Å². The molecule has 2 aliphatic rings. The Kier molecular flexibility index (Phi) is 19.3. The summed E-state index contributed by atoms with van der Waals surface area (Å²) in [6.07, 6.45) is -8.65. The molecule has 274 valence electrons. The molecule has 17 heteroatoms. The van der Waals surface area contributed by atoms with Crippen molar-refractivity contribution < 1.29 is 74.2 Å². The van der Waals surface area contributed by atoms with E-state index in [9.17, 15) is 55.2 Å². The number of amides is 2. The van der Waals surface area contributed by atoms with Crippen LogP contribution in [0.4, 0.5) is 0 Å². The lowest BCUT2D eigenvalue weighted by molar-refractivity contribution is -0.301. The zero-order valence-corrected chi connectivity index (χ0v) is 26.9. The fourth-order valence-corrected chi connectivity index (χ4v) is 5.19. The quantitative estimate of drug-likeness (QED) is 0.0501. The SMILES string of the molecule is CC(=O)C(CCCCNC(=O)CCCCOC1OC(CO)C(O)C(O)C1O)NC(=O)CCCCCOC1OC(CO)C(O)C(O)C1O. The molecule has 0 aliphatic carbocycles. The number of ketones is 1. The first-order chi connectivity index (χ1) is 22.4. The molecule has 2 saturated heterocycles. The van der Waals surface area contributed by atoms with E-state index in [2.05, 4.69) is 10.6 Å². The van der Waals surface area contributed by atoms with E-state index in [1.807, 2.05) is 0 Å². The van der Waals surface area contributed by atoms with Crippen molar-refractivity contribution >= 4 is 17.6 Å². The van der Waals surface area contributed by atoms with E-state index in [-0.39, 0.29) is 43.7 Å². The fraction of sp³-hybridized carbons (Fsp3) is 0.900. The maximum Gasteiger partial charge on any atom is 0.220 e. The first-order valence-electron chi connectivity index (χ1n) is 16.3. The van der Waals surface area contributed by atoms with E-state index >= 15 is 0 Å². The Morgan fingerprint density at radius 2 is 1.13 bits per heavy atom. The van der Waals surface area contributed by atoms with Crippen LogP contribution in [0.1, 0.15) is 71.1 Å². The number of hydrogen-bond acceptors (Lipinski definition) is 15. The number of rotatable bonds is 22. The number of ether oxygens (including phenoxy) is 4. The summed E-state index contributed by atoms with van der Waals surface area (Å²) in [7, 11) is 0. The minimum absolute atomic E-state index is 0.133. The van der Waals surface area contributed by atoms with Crippen molar-refractivity contribution in [3.63, 3.8) is 0 Å². The van der Waals surface area contributed by atoms with Gasteiger partial charge in [-0.05, 0) is 51.9 Å². The summed E-state index contributed by atoms with van der Waals surface area (Å²) >= 11 is 0. The van der Waals surface area contributed by atoms with Crippen LogP contribution in [-0.4, -0.2) is 159 Å². The summed E-state index contributed by atoms with van der Waals surface area (Å²) in [5.74, 6) is -0.585. The molecule has 11 unspecified atom stereocenters. The molecule has 2 aliphatic heterocycles. The van der Waals surface area contributed by atoms with E-state index in [4.69, 9.17) is 18.9 Å². The van der Waals surface area contributed by atoms with Crippen LogP contribution in [-0.2, 0) is 33.3 Å². The van der Waals surface area contributed by atoms with Crippen LogP contribution < -0.4 is 10.6 Å². The first-order valence-corrected chi connectivity index (χ1v) is 16.3. The molecule has 2 fully saturated rings. The molecule has 0 aromatic carbocycles. The van der Waals surface area contributed by atoms with E-state index in [0.717, 1.165) is 0 Å². The first kappa shape index (κ1) is 41.3. The van der Waals surface area contributed by atoms with Gasteiger partial charge in [-0.25, -0.2) is 0 Å².